The summed E-state index contributed by atoms with van der Waals surface area (Å²) >= 11 is 0. The maximum absolute atomic E-state index is 11.8. The number of carbonyl (C=O) groups excluding carboxylic acids is 2. The molecule has 1 aromatic rings. The third-order valence-corrected chi connectivity index (χ3v) is 3.00. The summed E-state index contributed by atoms with van der Waals surface area (Å²) < 4.78 is 15.4. The number of carbonyl (C=O) groups is 2. The van der Waals surface area contributed by atoms with Crippen molar-refractivity contribution in [1.29, 1.82) is 0 Å². The second-order valence-corrected chi connectivity index (χ2v) is 5.58. The van der Waals surface area contributed by atoms with Gasteiger partial charge in [0.2, 0.25) is 0 Å². The molecule has 0 saturated heterocycles. The highest BCUT2D eigenvalue weighted by Crippen LogP contribution is 2.15. The molecular formula is C17H24O5. The molecule has 1 rings (SSSR count). The van der Waals surface area contributed by atoms with E-state index in [0.29, 0.717) is 24.5 Å². The highest BCUT2D eigenvalue weighted by molar-refractivity contribution is 5.97. The van der Waals surface area contributed by atoms with Crippen LogP contribution in [0.3, 0.4) is 0 Å². The van der Waals surface area contributed by atoms with Crippen LogP contribution in [0.4, 0.5) is 0 Å². The number of hydrogen-bond donors (Lipinski definition) is 0. The summed E-state index contributed by atoms with van der Waals surface area (Å²) in [6.07, 6.45) is 0. The van der Waals surface area contributed by atoms with Crippen LogP contribution in [-0.2, 0) is 14.3 Å². The Kier molecular flexibility index (Phi) is 7.60. The van der Waals surface area contributed by atoms with Gasteiger partial charge in [0.25, 0.3) is 0 Å². The highest BCUT2D eigenvalue weighted by Gasteiger charge is 2.11. The van der Waals surface area contributed by atoms with Gasteiger partial charge in [-0.05, 0) is 24.3 Å². The van der Waals surface area contributed by atoms with Crippen molar-refractivity contribution in [3.8, 4) is 5.75 Å². The fourth-order valence-electron chi connectivity index (χ4n) is 1.80. The van der Waals surface area contributed by atoms with Gasteiger partial charge in [-0.25, -0.2) is 4.79 Å². The summed E-state index contributed by atoms with van der Waals surface area (Å²) in [4.78, 5) is 23.3. The number of benzene rings is 1. The van der Waals surface area contributed by atoms with Crippen molar-refractivity contribution in [3.63, 3.8) is 0 Å². The molecule has 0 aliphatic heterocycles. The molecule has 0 amide bonds. The Morgan fingerprint density at radius 3 is 2.23 bits per heavy atom. The van der Waals surface area contributed by atoms with E-state index in [1.54, 1.807) is 31.4 Å². The van der Waals surface area contributed by atoms with Crippen molar-refractivity contribution in [3.05, 3.63) is 29.8 Å². The van der Waals surface area contributed by atoms with Crippen LogP contribution in [0.5, 0.6) is 5.75 Å². The van der Waals surface area contributed by atoms with Crippen molar-refractivity contribution in [2.24, 2.45) is 11.8 Å². The molecule has 1 atom stereocenters. The van der Waals surface area contributed by atoms with Crippen molar-refractivity contribution < 1.29 is 23.8 Å². The van der Waals surface area contributed by atoms with Gasteiger partial charge in [-0.15, -0.1) is 0 Å². The van der Waals surface area contributed by atoms with E-state index >= 15 is 0 Å². The molecule has 1 unspecified atom stereocenters. The lowest BCUT2D eigenvalue weighted by Gasteiger charge is -2.11. The first-order valence-corrected chi connectivity index (χ1v) is 7.35. The van der Waals surface area contributed by atoms with Crippen molar-refractivity contribution >= 4 is 11.8 Å². The maximum atomic E-state index is 11.8. The normalized spacial score (nSPS) is 12.0. The van der Waals surface area contributed by atoms with Gasteiger partial charge in [0.05, 0.1) is 13.2 Å². The third-order valence-electron chi connectivity index (χ3n) is 3.00. The lowest BCUT2D eigenvalue weighted by Crippen LogP contribution is -2.20. The highest BCUT2D eigenvalue weighted by atomic mass is 16.6. The van der Waals surface area contributed by atoms with Gasteiger partial charge in [-0.2, -0.15) is 0 Å². The van der Waals surface area contributed by atoms with Crippen molar-refractivity contribution in [2.75, 3.05) is 26.9 Å². The standard InChI is InChI=1S/C17H24O5/c1-12(2)17(19)14-5-7-15(8-6-14)21-11-16(18)22-10-13(3)9-20-4/h5-8,12-13H,9-11H2,1-4H3. The summed E-state index contributed by atoms with van der Waals surface area (Å²) in [5.41, 5.74) is 0.637. The lowest BCUT2D eigenvalue weighted by molar-refractivity contribution is -0.147. The van der Waals surface area contributed by atoms with Crippen LogP contribution in [0.15, 0.2) is 24.3 Å². The zero-order valence-corrected chi connectivity index (χ0v) is 13.6. The molecule has 0 aliphatic carbocycles. The van der Waals surface area contributed by atoms with Gasteiger partial charge in [0.1, 0.15) is 5.75 Å². The van der Waals surface area contributed by atoms with E-state index in [9.17, 15) is 9.59 Å². The van der Waals surface area contributed by atoms with E-state index in [1.807, 2.05) is 20.8 Å². The first-order valence-electron chi connectivity index (χ1n) is 7.35. The third kappa shape index (κ3) is 6.26. The predicted molar refractivity (Wildman–Crippen MR) is 83.1 cm³/mol. The van der Waals surface area contributed by atoms with Crippen LogP contribution in [0.1, 0.15) is 31.1 Å². The number of Topliss-reactive ketones (excluding diaryl/α,β-unsaturated/α-hetero) is 1. The van der Waals surface area contributed by atoms with E-state index < -0.39 is 5.97 Å². The monoisotopic (exact) mass is 308 g/mol. The number of ether oxygens (including phenoxy) is 3. The largest absolute Gasteiger partial charge is 0.482 e. The minimum atomic E-state index is -0.426. The Hall–Kier alpha value is -1.88. The first-order chi connectivity index (χ1) is 10.4. The average molecular weight is 308 g/mol. The second-order valence-electron chi connectivity index (χ2n) is 5.58. The van der Waals surface area contributed by atoms with Crippen molar-refractivity contribution in [1.82, 2.24) is 0 Å². The second kappa shape index (κ2) is 9.20. The van der Waals surface area contributed by atoms with Crippen LogP contribution in [0.25, 0.3) is 0 Å². The molecule has 5 nitrogen and oxygen atoms in total. The van der Waals surface area contributed by atoms with Crippen LogP contribution >= 0.6 is 0 Å². The number of esters is 1. The molecule has 0 aliphatic rings. The van der Waals surface area contributed by atoms with E-state index in [1.165, 1.54) is 0 Å². The predicted octanol–water partition coefficient (Wildman–Crippen LogP) is 2.73. The van der Waals surface area contributed by atoms with Gasteiger partial charge in [0.15, 0.2) is 12.4 Å². The molecule has 0 saturated carbocycles. The maximum Gasteiger partial charge on any atom is 0.344 e. The molecule has 0 fully saturated rings. The Morgan fingerprint density at radius 1 is 1.05 bits per heavy atom. The summed E-state index contributed by atoms with van der Waals surface area (Å²) in [6, 6.07) is 6.75. The Bertz CT molecular complexity index is 478. The van der Waals surface area contributed by atoms with Crippen LogP contribution in [0, 0.1) is 11.8 Å². The van der Waals surface area contributed by atoms with Gasteiger partial charge >= 0.3 is 5.97 Å². The number of methoxy groups -OCH3 is 1. The number of rotatable bonds is 9. The Labute approximate surface area is 131 Å². The zero-order valence-electron chi connectivity index (χ0n) is 13.6. The molecule has 5 heteroatoms. The van der Waals surface area contributed by atoms with Gasteiger partial charge in [0, 0.05) is 24.5 Å². The van der Waals surface area contributed by atoms with E-state index in [0.717, 1.165) is 0 Å². The molecule has 22 heavy (non-hydrogen) atoms. The molecule has 0 heterocycles. The van der Waals surface area contributed by atoms with Crippen LogP contribution in [0.2, 0.25) is 0 Å². The van der Waals surface area contributed by atoms with E-state index in [4.69, 9.17) is 14.2 Å². The fraction of sp³-hybridized carbons (Fsp3) is 0.529. The molecule has 0 spiro atoms. The fourth-order valence-corrected chi connectivity index (χ4v) is 1.80. The molecular weight excluding hydrogens is 284 g/mol. The van der Waals surface area contributed by atoms with Crippen LogP contribution < -0.4 is 4.74 Å². The quantitative estimate of drug-likeness (QED) is 0.518. The lowest BCUT2D eigenvalue weighted by atomic mass is 10.0. The summed E-state index contributed by atoms with van der Waals surface area (Å²) in [7, 11) is 1.61. The van der Waals surface area contributed by atoms with Crippen LogP contribution in [-0.4, -0.2) is 38.7 Å². The van der Waals surface area contributed by atoms with E-state index in [2.05, 4.69) is 0 Å². The number of ketones is 1. The zero-order chi connectivity index (χ0) is 16.5. The first kappa shape index (κ1) is 18.2. The van der Waals surface area contributed by atoms with Crippen molar-refractivity contribution in [2.45, 2.75) is 20.8 Å². The molecule has 0 aromatic heterocycles. The Morgan fingerprint density at radius 2 is 1.68 bits per heavy atom. The topological polar surface area (TPSA) is 61.8 Å². The number of hydrogen-bond acceptors (Lipinski definition) is 5. The average Bonchev–Trinajstić information content (AvgIpc) is 2.51. The van der Waals surface area contributed by atoms with E-state index in [-0.39, 0.29) is 24.2 Å². The SMILES string of the molecule is COCC(C)COC(=O)COc1ccc(C(=O)C(C)C)cc1. The Balaban J connectivity index is 2.38. The van der Waals surface area contributed by atoms with Gasteiger partial charge < -0.3 is 14.2 Å². The summed E-state index contributed by atoms with van der Waals surface area (Å²) in [5, 5.41) is 0. The minimum absolute atomic E-state index is 0.0455. The van der Waals surface area contributed by atoms with Gasteiger partial charge in [-0.3, -0.25) is 4.79 Å². The smallest absolute Gasteiger partial charge is 0.344 e. The molecule has 0 radical (unpaired) electrons. The summed E-state index contributed by atoms with van der Waals surface area (Å²) in [6.45, 7) is 6.33. The molecule has 1 aromatic carbocycles. The molecule has 122 valence electrons. The van der Waals surface area contributed by atoms with Gasteiger partial charge in [-0.1, -0.05) is 20.8 Å². The minimum Gasteiger partial charge on any atom is -0.482 e. The summed E-state index contributed by atoms with van der Waals surface area (Å²) in [5.74, 6) is 0.289. The molecule has 0 bridgehead atoms. The molecule has 0 N–H and O–H groups in total.